The fraction of sp³-hybridized carbons (Fsp3) is 0.357. The number of benzene rings is 1. The Bertz CT molecular complexity index is 526. The lowest BCUT2D eigenvalue weighted by Crippen LogP contribution is -2.25. The van der Waals surface area contributed by atoms with Gasteiger partial charge in [0.05, 0.1) is 11.6 Å². The molecule has 88 valence electrons. The van der Waals surface area contributed by atoms with Crippen LogP contribution in [0.1, 0.15) is 19.3 Å². The molecule has 0 aliphatic heterocycles. The van der Waals surface area contributed by atoms with Crippen LogP contribution in [0, 0.1) is 0 Å². The quantitative estimate of drug-likeness (QED) is 0.860. The highest BCUT2D eigenvalue weighted by Gasteiger charge is 2.26. The summed E-state index contributed by atoms with van der Waals surface area (Å²) in [5.41, 5.74) is 0.928. The van der Waals surface area contributed by atoms with Crippen molar-refractivity contribution in [3.8, 4) is 5.75 Å². The molecular formula is C14H15NO2. The van der Waals surface area contributed by atoms with Gasteiger partial charge in [0.2, 0.25) is 0 Å². The molecule has 0 spiro atoms. The first-order valence-electron chi connectivity index (χ1n) is 6.02. The number of ether oxygens (including phenoxy) is 1. The van der Waals surface area contributed by atoms with Crippen LogP contribution < -0.4 is 4.74 Å². The molecule has 2 unspecified atom stereocenters. The van der Waals surface area contributed by atoms with Crippen LogP contribution in [-0.2, 0) is 0 Å². The summed E-state index contributed by atoms with van der Waals surface area (Å²) in [5, 5.41) is 10.8. The monoisotopic (exact) mass is 229 g/mol. The first kappa shape index (κ1) is 10.5. The molecule has 1 fully saturated rings. The zero-order chi connectivity index (χ0) is 11.7. The lowest BCUT2D eigenvalue weighted by Gasteiger charge is -2.17. The third-order valence-electron chi connectivity index (χ3n) is 3.28. The predicted molar refractivity (Wildman–Crippen MR) is 66.0 cm³/mol. The number of aliphatic hydroxyl groups excluding tert-OH is 1. The fourth-order valence-corrected chi connectivity index (χ4v) is 2.34. The standard InChI is InChI=1S/C14H15NO2/c16-13-4-1-5-14(13)17-11-7-6-10-3-2-8-15-12(10)9-11/h2-3,6-9,13-14,16H,1,4-5H2. The molecule has 1 aliphatic rings. The van der Waals surface area contributed by atoms with Crippen LogP contribution in [0.25, 0.3) is 10.9 Å². The number of hydrogen-bond acceptors (Lipinski definition) is 3. The van der Waals surface area contributed by atoms with E-state index in [4.69, 9.17) is 4.74 Å². The first-order valence-corrected chi connectivity index (χ1v) is 6.02. The van der Waals surface area contributed by atoms with Gasteiger partial charge in [0.15, 0.2) is 0 Å². The second-order valence-electron chi connectivity index (χ2n) is 4.51. The molecule has 1 aromatic carbocycles. The summed E-state index contributed by atoms with van der Waals surface area (Å²) in [6, 6.07) is 9.81. The van der Waals surface area contributed by atoms with Gasteiger partial charge in [0, 0.05) is 17.6 Å². The fourth-order valence-electron chi connectivity index (χ4n) is 2.34. The summed E-state index contributed by atoms with van der Waals surface area (Å²) < 4.78 is 5.81. The third-order valence-corrected chi connectivity index (χ3v) is 3.28. The van der Waals surface area contributed by atoms with E-state index in [0.29, 0.717) is 0 Å². The molecule has 0 amide bonds. The Morgan fingerprint density at radius 1 is 1.24 bits per heavy atom. The number of hydrogen-bond donors (Lipinski definition) is 1. The van der Waals surface area contributed by atoms with E-state index >= 15 is 0 Å². The minimum Gasteiger partial charge on any atom is -0.488 e. The van der Waals surface area contributed by atoms with E-state index < -0.39 is 0 Å². The number of nitrogens with zero attached hydrogens (tertiary/aromatic N) is 1. The molecule has 0 bridgehead atoms. The van der Waals surface area contributed by atoms with E-state index in [1.807, 2.05) is 30.3 Å². The molecule has 17 heavy (non-hydrogen) atoms. The van der Waals surface area contributed by atoms with Crippen molar-refractivity contribution in [3.63, 3.8) is 0 Å². The molecule has 0 radical (unpaired) electrons. The Balaban J connectivity index is 1.85. The second kappa shape index (κ2) is 4.34. The number of aromatic nitrogens is 1. The Kier molecular flexibility index (Phi) is 2.69. The number of pyridine rings is 1. The van der Waals surface area contributed by atoms with Crippen molar-refractivity contribution < 1.29 is 9.84 Å². The molecular weight excluding hydrogens is 214 g/mol. The van der Waals surface area contributed by atoms with Crippen molar-refractivity contribution in [2.75, 3.05) is 0 Å². The summed E-state index contributed by atoms with van der Waals surface area (Å²) in [7, 11) is 0. The van der Waals surface area contributed by atoms with E-state index in [1.54, 1.807) is 6.20 Å². The Hall–Kier alpha value is -1.61. The van der Waals surface area contributed by atoms with Crippen LogP contribution in [0.15, 0.2) is 36.5 Å². The largest absolute Gasteiger partial charge is 0.488 e. The van der Waals surface area contributed by atoms with Crippen molar-refractivity contribution in [1.82, 2.24) is 4.98 Å². The van der Waals surface area contributed by atoms with Gasteiger partial charge in [0.25, 0.3) is 0 Å². The van der Waals surface area contributed by atoms with Crippen LogP contribution in [0.5, 0.6) is 5.75 Å². The average molecular weight is 229 g/mol. The van der Waals surface area contributed by atoms with Crippen LogP contribution in [-0.4, -0.2) is 22.3 Å². The third kappa shape index (κ3) is 2.11. The lowest BCUT2D eigenvalue weighted by atomic mass is 10.2. The highest BCUT2D eigenvalue weighted by atomic mass is 16.5. The molecule has 3 heteroatoms. The molecule has 2 aromatic rings. The van der Waals surface area contributed by atoms with E-state index in [0.717, 1.165) is 35.9 Å². The van der Waals surface area contributed by atoms with Gasteiger partial charge in [-0.2, -0.15) is 0 Å². The second-order valence-corrected chi connectivity index (χ2v) is 4.51. The zero-order valence-corrected chi connectivity index (χ0v) is 9.54. The molecule has 3 rings (SSSR count). The highest BCUT2D eigenvalue weighted by Crippen LogP contribution is 2.26. The van der Waals surface area contributed by atoms with Gasteiger partial charge in [-0.1, -0.05) is 6.07 Å². The van der Waals surface area contributed by atoms with Gasteiger partial charge in [-0.05, 0) is 37.5 Å². The summed E-state index contributed by atoms with van der Waals surface area (Å²) >= 11 is 0. The summed E-state index contributed by atoms with van der Waals surface area (Å²) in [6.45, 7) is 0. The number of aliphatic hydroxyl groups is 1. The summed E-state index contributed by atoms with van der Waals surface area (Å²) in [5.74, 6) is 0.794. The van der Waals surface area contributed by atoms with Gasteiger partial charge in [0.1, 0.15) is 11.9 Å². The van der Waals surface area contributed by atoms with Crippen molar-refractivity contribution in [1.29, 1.82) is 0 Å². The molecule has 1 heterocycles. The average Bonchev–Trinajstić information content (AvgIpc) is 2.75. The minimum absolute atomic E-state index is 0.0591. The minimum atomic E-state index is -0.325. The first-order chi connectivity index (χ1) is 8.33. The predicted octanol–water partition coefficient (Wildman–Crippen LogP) is 2.53. The van der Waals surface area contributed by atoms with Gasteiger partial charge in [-0.3, -0.25) is 4.98 Å². The summed E-state index contributed by atoms with van der Waals surface area (Å²) in [6.07, 6.45) is 4.21. The van der Waals surface area contributed by atoms with Crippen molar-refractivity contribution >= 4 is 10.9 Å². The zero-order valence-electron chi connectivity index (χ0n) is 9.54. The normalized spacial score (nSPS) is 24.1. The van der Waals surface area contributed by atoms with Crippen molar-refractivity contribution in [3.05, 3.63) is 36.5 Å². The number of rotatable bonds is 2. The van der Waals surface area contributed by atoms with E-state index in [-0.39, 0.29) is 12.2 Å². The SMILES string of the molecule is OC1CCCC1Oc1ccc2cccnc2c1. The molecule has 3 nitrogen and oxygen atoms in total. The van der Waals surface area contributed by atoms with Gasteiger partial charge < -0.3 is 9.84 Å². The van der Waals surface area contributed by atoms with Crippen LogP contribution >= 0.6 is 0 Å². The maximum Gasteiger partial charge on any atom is 0.124 e. The van der Waals surface area contributed by atoms with Gasteiger partial charge >= 0.3 is 0 Å². The van der Waals surface area contributed by atoms with E-state index in [1.165, 1.54) is 0 Å². The molecule has 2 atom stereocenters. The van der Waals surface area contributed by atoms with Crippen LogP contribution in [0.2, 0.25) is 0 Å². The van der Waals surface area contributed by atoms with Gasteiger partial charge in [-0.15, -0.1) is 0 Å². The Labute approximate surface area is 100 Å². The molecule has 1 aromatic heterocycles. The molecule has 1 aliphatic carbocycles. The van der Waals surface area contributed by atoms with E-state index in [2.05, 4.69) is 4.98 Å². The van der Waals surface area contributed by atoms with Crippen LogP contribution in [0.3, 0.4) is 0 Å². The maximum atomic E-state index is 9.72. The lowest BCUT2D eigenvalue weighted by molar-refractivity contribution is 0.0605. The number of fused-ring (bicyclic) bond motifs is 1. The summed E-state index contributed by atoms with van der Waals surface area (Å²) in [4.78, 5) is 4.29. The topological polar surface area (TPSA) is 42.4 Å². The molecule has 1 N–H and O–H groups in total. The molecule has 0 saturated heterocycles. The maximum absolute atomic E-state index is 9.72. The Morgan fingerprint density at radius 3 is 3.00 bits per heavy atom. The van der Waals surface area contributed by atoms with Gasteiger partial charge in [-0.25, -0.2) is 0 Å². The van der Waals surface area contributed by atoms with E-state index in [9.17, 15) is 5.11 Å². The van der Waals surface area contributed by atoms with Crippen LogP contribution in [0.4, 0.5) is 0 Å². The smallest absolute Gasteiger partial charge is 0.124 e. The molecule has 1 saturated carbocycles. The van der Waals surface area contributed by atoms with Crippen molar-refractivity contribution in [2.24, 2.45) is 0 Å². The highest BCUT2D eigenvalue weighted by molar-refractivity contribution is 5.79. The Morgan fingerprint density at radius 2 is 2.18 bits per heavy atom. The van der Waals surface area contributed by atoms with Crippen molar-refractivity contribution in [2.45, 2.75) is 31.5 Å².